The minimum atomic E-state index is 0.00743. The van der Waals surface area contributed by atoms with E-state index >= 15 is 0 Å². The summed E-state index contributed by atoms with van der Waals surface area (Å²) in [5.74, 6) is 2.13. The molecule has 7 nitrogen and oxygen atoms in total. The number of amides is 1. The van der Waals surface area contributed by atoms with Gasteiger partial charge in [-0.3, -0.25) is 4.79 Å². The molecule has 1 aromatic carbocycles. The van der Waals surface area contributed by atoms with Gasteiger partial charge in [0.25, 0.3) is 0 Å². The van der Waals surface area contributed by atoms with Crippen molar-refractivity contribution in [2.45, 2.75) is 38.3 Å². The summed E-state index contributed by atoms with van der Waals surface area (Å²) in [6, 6.07) is 9.79. The molecule has 0 radical (unpaired) electrons. The molecule has 3 heterocycles. The highest BCUT2D eigenvalue weighted by Crippen LogP contribution is 2.16. The topological polar surface area (TPSA) is 85.8 Å². The van der Waals surface area contributed by atoms with Crippen molar-refractivity contribution in [2.24, 2.45) is 0 Å². The fourth-order valence-corrected chi connectivity index (χ4v) is 3.07. The van der Waals surface area contributed by atoms with Crippen molar-refractivity contribution < 1.29 is 9.32 Å². The standard InChI is InChI=1S/C18H19N5O2/c24-16(20-14-6-7-15-19-10-11-23(15)12-14)8-9-17-21-18(22-25-17)13-4-2-1-3-5-13/h1-5,10-11,14H,6-9,12H2,(H,20,24)/t14-/m1/s1. The first-order valence-corrected chi connectivity index (χ1v) is 8.45. The van der Waals surface area contributed by atoms with Crippen molar-refractivity contribution in [1.82, 2.24) is 25.0 Å². The van der Waals surface area contributed by atoms with Gasteiger partial charge >= 0.3 is 0 Å². The average Bonchev–Trinajstić information content (AvgIpc) is 3.30. The highest BCUT2D eigenvalue weighted by Gasteiger charge is 2.20. The first-order chi connectivity index (χ1) is 12.3. The predicted octanol–water partition coefficient (Wildman–Crippen LogP) is 2.00. The molecule has 1 amide bonds. The van der Waals surface area contributed by atoms with Crippen molar-refractivity contribution in [3.05, 3.63) is 54.4 Å². The maximum Gasteiger partial charge on any atom is 0.227 e. The van der Waals surface area contributed by atoms with Crippen molar-refractivity contribution in [3.63, 3.8) is 0 Å². The van der Waals surface area contributed by atoms with E-state index in [0.717, 1.165) is 30.8 Å². The molecule has 1 aliphatic heterocycles. The third-order valence-corrected chi connectivity index (χ3v) is 4.37. The second-order valence-electron chi connectivity index (χ2n) is 6.18. The summed E-state index contributed by atoms with van der Waals surface area (Å²) in [6.07, 6.45) is 6.35. The van der Waals surface area contributed by atoms with E-state index in [1.807, 2.05) is 36.5 Å². The first-order valence-electron chi connectivity index (χ1n) is 8.45. The number of aromatic nitrogens is 4. The molecule has 0 spiro atoms. The van der Waals surface area contributed by atoms with Crippen molar-refractivity contribution in [2.75, 3.05) is 0 Å². The quantitative estimate of drug-likeness (QED) is 0.769. The first kappa shape index (κ1) is 15.6. The number of carbonyl (C=O) groups excluding carboxylic acids is 1. The van der Waals surface area contributed by atoms with Crippen LogP contribution in [0.1, 0.15) is 24.6 Å². The normalized spacial score (nSPS) is 16.4. The molecule has 128 valence electrons. The SMILES string of the molecule is O=C(CCc1nc(-c2ccccc2)no1)N[C@@H]1CCc2nccn2C1. The Labute approximate surface area is 145 Å². The van der Waals surface area contributed by atoms with Crippen molar-refractivity contribution in [1.29, 1.82) is 0 Å². The van der Waals surface area contributed by atoms with Crippen LogP contribution in [0.25, 0.3) is 11.4 Å². The Balaban J connectivity index is 1.29. The Morgan fingerprint density at radius 1 is 1.32 bits per heavy atom. The molecule has 0 saturated heterocycles. The Bertz CT molecular complexity index is 855. The van der Waals surface area contributed by atoms with Crippen LogP contribution in [-0.4, -0.2) is 31.6 Å². The van der Waals surface area contributed by atoms with E-state index in [-0.39, 0.29) is 11.9 Å². The van der Waals surface area contributed by atoms with Crippen LogP contribution in [0, 0.1) is 0 Å². The molecule has 0 unspecified atom stereocenters. The number of nitrogens with zero attached hydrogens (tertiary/aromatic N) is 4. The molecule has 1 N–H and O–H groups in total. The highest BCUT2D eigenvalue weighted by atomic mass is 16.5. The van der Waals surface area contributed by atoms with Crippen LogP contribution < -0.4 is 5.32 Å². The van der Waals surface area contributed by atoms with E-state index in [2.05, 4.69) is 25.0 Å². The summed E-state index contributed by atoms with van der Waals surface area (Å²) in [6.45, 7) is 0.778. The lowest BCUT2D eigenvalue weighted by atomic mass is 10.1. The van der Waals surface area contributed by atoms with Crippen LogP contribution in [0.4, 0.5) is 0 Å². The van der Waals surface area contributed by atoms with Crippen LogP contribution >= 0.6 is 0 Å². The van der Waals surface area contributed by atoms with Crippen LogP contribution in [0.2, 0.25) is 0 Å². The number of rotatable bonds is 5. The molecule has 1 aliphatic rings. The monoisotopic (exact) mass is 337 g/mol. The molecule has 25 heavy (non-hydrogen) atoms. The minimum Gasteiger partial charge on any atom is -0.352 e. The third-order valence-electron chi connectivity index (χ3n) is 4.37. The fourth-order valence-electron chi connectivity index (χ4n) is 3.07. The van der Waals surface area contributed by atoms with Gasteiger partial charge in [0.05, 0.1) is 0 Å². The predicted molar refractivity (Wildman–Crippen MR) is 90.5 cm³/mol. The second kappa shape index (κ2) is 6.88. The molecular weight excluding hydrogens is 318 g/mol. The molecule has 0 aliphatic carbocycles. The molecule has 2 aromatic heterocycles. The van der Waals surface area contributed by atoms with Gasteiger partial charge in [0.2, 0.25) is 17.6 Å². The van der Waals surface area contributed by atoms with Gasteiger partial charge in [-0.1, -0.05) is 35.5 Å². The van der Waals surface area contributed by atoms with Crippen LogP contribution in [-0.2, 0) is 24.2 Å². The largest absolute Gasteiger partial charge is 0.352 e. The van der Waals surface area contributed by atoms with Crippen molar-refractivity contribution >= 4 is 5.91 Å². The van der Waals surface area contributed by atoms with Crippen molar-refractivity contribution in [3.8, 4) is 11.4 Å². The summed E-state index contributed by atoms with van der Waals surface area (Å²) in [5, 5.41) is 7.05. The maximum atomic E-state index is 12.2. The van der Waals surface area contributed by atoms with Gasteiger partial charge in [0, 0.05) is 49.8 Å². The van der Waals surface area contributed by atoms with Gasteiger partial charge < -0.3 is 14.4 Å². The zero-order chi connectivity index (χ0) is 17.1. The van der Waals surface area contributed by atoms with E-state index in [1.165, 1.54) is 0 Å². The summed E-state index contributed by atoms with van der Waals surface area (Å²) in [4.78, 5) is 20.8. The number of nitrogens with one attached hydrogen (secondary N) is 1. The number of aryl methyl sites for hydroxylation is 2. The highest BCUT2D eigenvalue weighted by molar-refractivity contribution is 5.76. The van der Waals surface area contributed by atoms with Gasteiger partial charge in [-0.15, -0.1) is 0 Å². The molecule has 0 fully saturated rings. The summed E-state index contributed by atoms with van der Waals surface area (Å²) < 4.78 is 7.34. The zero-order valence-electron chi connectivity index (χ0n) is 13.8. The van der Waals surface area contributed by atoms with Gasteiger partial charge in [0.15, 0.2) is 0 Å². The van der Waals surface area contributed by atoms with Crippen LogP contribution in [0.15, 0.2) is 47.2 Å². The van der Waals surface area contributed by atoms with E-state index in [9.17, 15) is 4.79 Å². The number of imidazole rings is 1. The molecule has 0 saturated carbocycles. The number of benzene rings is 1. The van der Waals surface area contributed by atoms with Gasteiger partial charge in [-0.25, -0.2) is 4.98 Å². The average molecular weight is 337 g/mol. The van der Waals surface area contributed by atoms with E-state index in [0.29, 0.717) is 24.6 Å². The number of hydrogen-bond acceptors (Lipinski definition) is 5. The minimum absolute atomic E-state index is 0.00743. The Hall–Kier alpha value is -2.96. The Kier molecular flexibility index (Phi) is 4.28. The lowest BCUT2D eigenvalue weighted by Crippen LogP contribution is -2.41. The molecule has 4 rings (SSSR count). The number of fused-ring (bicyclic) bond motifs is 1. The smallest absolute Gasteiger partial charge is 0.227 e. The Morgan fingerprint density at radius 2 is 2.20 bits per heavy atom. The molecule has 0 bridgehead atoms. The molecule has 7 heteroatoms. The molecule has 3 aromatic rings. The number of carbonyl (C=O) groups is 1. The van der Waals surface area contributed by atoms with Gasteiger partial charge in [-0.2, -0.15) is 4.98 Å². The lowest BCUT2D eigenvalue weighted by Gasteiger charge is -2.24. The molecular formula is C18H19N5O2. The van der Waals surface area contributed by atoms with E-state index in [1.54, 1.807) is 6.20 Å². The van der Waals surface area contributed by atoms with Gasteiger partial charge in [0.1, 0.15) is 5.82 Å². The summed E-state index contributed by atoms with van der Waals surface area (Å²) in [5.41, 5.74) is 0.903. The maximum absolute atomic E-state index is 12.2. The third kappa shape index (κ3) is 3.60. The van der Waals surface area contributed by atoms with Crippen LogP contribution in [0.3, 0.4) is 0 Å². The Morgan fingerprint density at radius 3 is 3.08 bits per heavy atom. The lowest BCUT2D eigenvalue weighted by molar-refractivity contribution is -0.122. The van der Waals surface area contributed by atoms with Crippen LogP contribution in [0.5, 0.6) is 0 Å². The number of hydrogen-bond donors (Lipinski definition) is 1. The van der Waals surface area contributed by atoms with E-state index < -0.39 is 0 Å². The summed E-state index contributed by atoms with van der Waals surface area (Å²) in [7, 11) is 0. The zero-order valence-corrected chi connectivity index (χ0v) is 13.8. The fraction of sp³-hybridized carbons (Fsp3) is 0.333. The summed E-state index contributed by atoms with van der Waals surface area (Å²) >= 11 is 0. The van der Waals surface area contributed by atoms with E-state index in [4.69, 9.17) is 4.52 Å². The molecule has 1 atom stereocenters. The second-order valence-corrected chi connectivity index (χ2v) is 6.18. The van der Waals surface area contributed by atoms with Gasteiger partial charge in [-0.05, 0) is 6.42 Å².